The molecule has 0 aromatic heterocycles. The van der Waals surface area contributed by atoms with Crippen LogP contribution in [0.1, 0.15) is 84.0 Å². The van der Waals surface area contributed by atoms with E-state index in [1.165, 1.54) is 63.1 Å². The molecular weight excluding hydrogens is 366 g/mol. The summed E-state index contributed by atoms with van der Waals surface area (Å²) in [5.74, 6) is -0.889. The molecular formula is C20H39NO5S. The normalized spacial score (nSPS) is 13.3. The van der Waals surface area contributed by atoms with Crippen molar-refractivity contribution in [3.05, 3.63) is 0 Å². The first-order valence-corrected chi connectivity index (χ1v) is 11.6. The summed E-state index contributed by atoms with van der Waals surface area (Å²) in [6.07, 6.45) is 12.8. The van der Waals surface area contributed by atoms with E-state index >= 15 is 0 Å². The third-order valence-corrected chi connectivity index (χ3v) is 5.64. The van der Waals surface area contributed by atoms with Crippen molar-refractivity contribution in [3.63, 3.8) is 0 Å². The number of hydrogen-bond donors (Lipinski definition) is 4. The van der Waals surface area contributed by atoms with E-state index in [9.17, 15) is 14.7 Å². The number of carbonyl (C=O) groups excluding carboxylic acids is 1. The van der Waals surface area contributed by atoms with E-state index in [-0.39, 0.29) is 24.0 Å². The number of carboxylic acid groups (broad SMARTS) is 1. The molecule has 0 heterocycles. The molecule has 0 bridgehead atoms. The predicted octanol–water partition coefficient (Wildman–Crippen LogP) is 3.34. The first kappa shape index (κ1) is 26.2. The largest absolute Gasteiger partial charge is 0.480 e. The fourth-order valence-corrected chi connectivity index (χ4v) is 3.74. The van der Waals surface area contributed by atoms with Crippen LogP contribution < -0.4 is 5.32 Å². The molecule has 2 atom stereocenters. The van der Waals surface area contributed by atoms with Crippen molar-refractivity contribution in [3.8, 4) is 0 Å². The fraction of sp³-hybridized carbons (Fsp3) is 0.900. The van der Waals surface area contributed by atoms with Gasteiger partial charge in [0.2, 0.25) is 5.91 Å². The van der Waals surface area contributed by atoms with Crippen molar-refractivity contribution in [1.82, 2.24) is 5.32 Å². The number of thioether (sulfide) groups is 1. The first-order valence-electron chi connectivity index (χ1n) is 10.4. The Kier molecular flexibility index (Phi) is 18.0. The maximum Gasteiger partial charge on any atom is 0.327 e. The standard InChI is InChI=1S/C20H39NO5S/c1-2-3-4-5-6-7-8-9-10-11-12-13-19(24)21-18(20(25)26)16-27-15-17(23)14-22/h17-18,22-23H,2-16H2,1H3,(H,21,24)(H,25,26)/t17-,18+/m1/s1. The minimum Gasteiger partial charge on any atom is -0.480 e. The van der Waals surface area contributed by atoms with Gasteiger partial charge < -0.3 is 20.6 Å². The van der Waals surface area contributed by atoms with Gasteiger partial charge in [-0.05, 0) is 6.42 Å². The zero-order valence-electron chi connectivity index (χ0n) is 16.8. The van der Waals surface area contributed by atoms with Gasteiger partial charge in [0.15, 0.2) is 0 Å². The summed E-state index contributed by atoms with van der Waals surface area (Å²) in [5, 5.41) is 29.7. The Hall–Kier alpha value is -0.790. The summed E-state index contributed by atoms with van der Waals surface area (Å²) in [6.45, 7) is 1.88. The molecule has 0 aliphatic carbocycles. The number of aliphatic hydroxyl groups is 2. The maximum absolute atomic E-state index is 11.9. The SMILES string of the molecule is CCCCCCCCCCCCCC(=O)N[C@@H](CSC[C@H](O)CO)C(=O)O. The number of aliphatic hydroxyl groups excluding tert-OH is 2. The van der Waals surface area contributed by atoms with Gasteiger partial charge in [-0.2, -0.15) is 11.8 Å². The number of unbranched alkanes of at least 4 members (excludes halogenated alkanes) is 10. The second-order valence-corrected chi connectivity index (χ2v) is 8.19. The molecule has 7 heteroatoms. The van der Waals surface area contributed by atoms with Gasteiger partial charge in [0.05, 0.1) is 12.7 Å². The van der Waals surface area contributed by atoms with Crippen LogP contribution in [-0.4, -0.2) is 57.5 Å². The van der Waals surface area contributed by atoms with Gasteiger partial charge in [0.1, 0.15) is 6.04 Å². The van der Waals surface area contributed by atoms with Gasteiger partial charge in [-0.3, -0.25) is 4.79 Å². The molecule has 0 saturated heterocycles. The highest BCUT2D eigenvalue weighted by molar-refractivity contribution is 7.99. The smallest absolute Gasteiger partial charge is 0.327 e. The lowest BCUT2D eigenvalue weighted by molar-refractivity contribution is -0.141. The third-order valence-electron chi connectivity index (χ3n) is 4.45. The van der Waals surface area contributed by atoms with E-state index in [0.29, 0.717) is 6.42 Å². The van der Waals surface area contributed by atoms with Crippen LogP contribution in [0.3, 0.4) is 0 Å². The molecule has 1 amide bonds. The summed E-state index contributed by atoms with van der Waals surface area (Å²) in [4.78, 5) is 23.1. The highest BCUT2D eigenvalue weighted by Crippen LogP contribution is 2.12. The topological polar surface area (TPSA) is 107 Å². The zero-order chi connectivity index (χ0) is 20.3. The van der Waals surface area contributed by atoms with Gasteiger partial charge in [0, 0.05) is 17.9 Å². The molecule has 160 valence electrons. The molecule has 0 aliphatic rings. The van der Waals surface area contributed by atoms with Crippen molar-refractivity contribution < 1.29 is 24.9 Å². The first-order chi connectivity index (χ1) is 13.0. The highest BCUT2D eigenvalue weighted by Gasteiger charge is 2.20. The Morgan fingerprint density at radius 1 is 0.889 bits per heavy atom. The molecule has 4 N–H and O–H groups in total. The quantitative estimate of drug-likeness (QED) is 0.246. The monoisotopic (exact) mass is 405 g/mol. The van der Waals surface area contributed by atoms with Crippen LogP contribution in [0.25, 0.3) is 0 Å². The van der Waals surface area contributed by atoms with Crippen LogP contribution in [0.2, 0.25) is 0 Å². The number of amides is 1. The van der Waals surface area contributed by atoms with E-state index in [1.807, 2.05) is 0 Å². The van der Waals surface area contributed by atoms with Crippen molar-refractivity contribution in [2.45, 2.75) is 96.1 Å². The summed E-state index contributed by atoms with van der Waals surface area (Å²) >= 11 is 1.20. The molecule has 0 unspecified atom stereocenters. The number of carboxylic acids is 1. The van der Waals surface area contributed by atoms with Crippen molar-refractivity contribution in [2.75, 3.05) is 18.1 Å². The van der Waals surface area contributed by atoms with Gasteiger partial charge in [-0.25, -0.2) is 4.79 Å². The Morgan fingerprint density at radius 3 is 1.89 bits per heavy atom. The van der Waals surface area contributed by atoms with Gasteiger partial charge in [-0.15, -0.1) is 0 Å². The molecule has 0 radical (unpaired) electrons. The van der Waals surface area contributed by atoms with Gasteiger partial charge in [-0.1, -0.05) is 71.1 Å². The van der Waals surface area contributed by atoms with E-state index < -0.39 is 18.1 Å². The van der Waals surface area contributed by atoms with Crippen LogP contribution in [0, 0.1) is 0 Å². The lowest BCUT2D eigenvalue weighted by Gasteiger charge is -2.15. The van der Waals surface area contributed by atoms with Crippen molar-refractivity contribution in [2.24, 2.45) is 0 Å². The molecule has 27 heavy (non-hydrogen) atoms. The summed E-state index contributed by atoms with van der Waals surface area (Å²) in [5.41, 5.74) is 0. The number of aliphatic carboxylic acids is 1. The Balaban J connectivity index is 3.65. The minimum atomic E-state index is -1.08. The highest BCUT2D eigenvalue weighted by atomic mass is 32.2. The summed E-state index contributed by atoms with van der Waals surface area (Å²) in [7, 11) is 0. The average molecular weight is 406 g/mol. The number of hydrogen-bond acceptors (Lipinski definition) is 5. The molecule has 0 aliphatic heterocycles. The number of carbonyl (C=O) groups is 2. The lowest BCUT2D eigenvalue weighted by atomic mass is 10.1. The number of rotatable bonds is 19. The van der Waals surface area contributed by atoms with Crippen LogP contribution in [-0.2, 0) is 9.59 Å². The van der Waals surface area contributed by atoms with Crippen LogP contribution in [0.4, 0.5) is 0 Å². The second-order valence-electron chi connectivity index (χ2n) is 7.12. The van der Waals surface area contributed by atoms with E-state index in [1.54, 1.807) is 0 Å². The van der Waals surface area contributed by atoms with Crippen molar-refractivity contribution >= 4 is 23.6 Å². The second kappa shape index (κ2) is 18.6. The molecule has 0 rings (SSSR count). The van der Waals surface area contributed by atoms with E-state index in [0.717, 1.165) is 19.3 Å². The van der Waals surface area contributed by atoms with Crippen LogP contribution in [0.15, 0.2) is 0 Å². The molecule has 0 aromatic rings. The lowest BCUT2D eigenvalue weighted by Crippen LogP contribution is -2.42. The van der Waals surface area contributed by atoms with Crippen LogP contribution >= 0.6 is 11.8 Å². The third kappa shape index (κ3) is 17.1. The van der Waals surface area contributed by atoms with E-state index in [4.69, 9.17) is 10.2 Å². The molecule has 0 spiro atoms. The fourth-order valence-electron chi connectivity index (χ4n) is 2.77. The zero-order valence-corrected chi connectivity index (χ0v) is 17.6. The van der Waals surface area contributed by atoms with Gasteiger partial charge >= 0.3 is 5.97 Å². The maximum atomic E-state index is 11.9. The van der Waals surface area contributed by atoms with Crippen LogP contribution in [0.5, 0.6) is 0 Å². The Bertz CT molecular complexity index is 381. The molecule has 6 nitrogen and oxygen atoms in total. The summed E-state index contributed by atoms with van der Waals surface area (Å²) < 4.78 is 0. The molecule has 0 fully saturated rings. The predicted molar refractivity (Wildman–Crippen MR) is 111 cm³/mol. The average Bonchev–Trinajstić information content (AvgIpc) is 2.64. The molecule has 0 saturated carbocycles. The van der Waals surface area contributed by atoms with Gasteiger partial charge in [0.25, 0.3) is 0 Å². The Morgan fingerprint density at radius 2 is 1.41 bits per heavy atom. The van der Waals surface area contributed by atoms with Crippen molar-refractivity contribution in [1.29, 1.82) is 0 Å². The molecule has 0 aromatic carbocycles. The minimum absolute atomic E-state index is 0.177. The number of nitrogens with one attached hydrogen (secondary N) is 1. The van der Waals surface area contributed by atoms with E-state index in [2.05, 4.69) is 12.2 Å². The Labute approximate surface area is 168 Å². The summed E-state index contributed by atoms with van der Waals surface area (Å²) in [6, 6.07) is -0.957.